The van der Waals surface area contributed by atoms with Crippen LogP contribution in [0.4, 0.5) is 14.5 Å². The summed E-state index contributed by atoms with van der Waals surface area (Å²) >= 11 is 1.41. The number of sulfonamides is 1. The van der Waals surface area contributed by atoms with Crippen molar-refractivity contribution in [1.82, 2.24) is 13.9 Å². The Morgan fingerprint density at radius 1 is 1.05 bits per heavy atom. The third-order valence-electron chi connectivity index (χ3n) is 5.29. The monoisotopic (exact) mass is 576 g/mol. The minimum atomic E-state index is -3.68. The number of thioether (sulfide) groups is 2. The lowest BCUT2D eigenvalue weighted by atomic mass is 10.2. The number of nitrogens with zero attached hydrogens (tertiary/aromatic N) is 3. The van der Waals surface area contributed by atoms with Gasteiger partial charge in [-0.2, -0.15) is 8.78 Å². The Balaban J connectivity index is 1.61. The first kappa shape index (κ1) is 27.8. The lowest BCUT2D eigenvalue weighted by molar-refractivity contribution is -0.113. The number of amides is 1. The summed E-state index contributed by atoms with van der Waals surface area (Å²) in [5.74, 6) is -3.14. The quantitative estimate of drug-likeness (QED) is 0.228. The molecule has 1 heterocycles. The summed E-state index contributed by atoms with van der Waals surface area (Å²) in [6, 6.07) is 18.7. The van der Waals surface area contributed by atoms with E-state index in [1.165, 1.54) is 49.0 Å². The summed E-state index contributed by atoms with van der Waals surface area (Å²) in [7, 11) is -0.846. The van der Waals surface area contributed by atoms with Crippen molar-refractivity contribution in [3.05, 3.63) is 83.2 Å². The van der Waals surface area contributed by atoms with Crippen LogP contribution in [0.5, 0.6) is 0 Å². The molecule has 0 spiro atoms. The van der Waals surface area contributed by atoms with Crippen LogP contribution < -0.4 is 10.9 Å². The van der Waals surface area contributed by atoms with E-state index >= 15 is 0 Å². The number of para-hydroxylation sites is 1. The van der Waals surface area contributed by atoms with Gasteiger partial charge in [-0.05, 0) is 54.6 Å². The zero-order chi connectivity index (χ0) is 27.4. The van der Waals surface area contributed by atoms with Crippen LogP contribution in [0.2, 0.25) is 0 Å². The smallest absolute Gasteiger partial charge is 0.288 e. The fourth-order valence-electron chi connectivity index (χ4n) is 3.49. The van der Waals surface area contributed by atoms with Gasteiger partial charge in [0.15, 0.2) is 5.16 Å². The molecule has 0 saturated carbocycles. The number of fused-ring (bicyclic) bond motifs is 1. The SMILES string of the molecule is CN(C)S(=O)(=O)c1cccc(NC(=O)CSc2nc3ccccc3c(=O)n2-c2ccc(SC(F)F)cc2)c1. The second kappa shape index (κ2) is 11.6. The molecule has 4 rings (SSSR count). The highest BCUT2D eigenvalue weighted by Gasteiger charge is 2.19. The number of hydrogen-bond acceptors (Lipinski definition) is 7. The highest BCUT2D eigenvalue weighted by Crippen LogP contribution is 2.27. The van der Waals surface area contributed by atoms with E-state index in [9.17, 15) is 26.8 Å². The Labute approximate surface area is 226 Å². The molecule has 38 heavy (non-hydrogen) atoms. The molecular formula is C25H22F2N4O4S3. The van der Waals surface area contributed by atoms with Gasteiger partial charge in [-0.25, -0.2) is 17.7 Å². The molecular weight excluding hydrogens is 554 g/mol. The fraction of sp³-hybridized carbons (Fsp3) is 0.160. The molecule has 4 aromatic rings. The van der Waals surface area contributed by atoms with E-state index in [0.717, 1.165) is 16.1 Å². The first-order valence-electron chi connectivity index (χ1n) is 11.1. The summed E-state index contributed by atoms with van der Waals surface area (Å²) in [4.78, 5) is 31.0. The summed E-state index contributed by atoms with van der Waals surface area (Å²) < 4.78 is 52.6. The van der Waals surface area contributed by atoms with Crippen molar-refractivity contribution in [3.63, 3.8) is 0 Å². The van der Waals surface area contributed by atoms with Crippen LogP contribution in [0.3, 0.4) is 0 Å². The molecule has 198 valence electrons. The first-order valence-corrected chi connectivity index (χ1v) is 14.4. The van der Waals surface area contributed by atoms with Crippen molar-refractivity contribution in [3.8, 4) is 5.69 Å². The van der Waals surface area contributed by atoms with Crippen LogP contribution in [0.1, 0.15) is 0 Å². The largest absolute Gasteiger partial charge is 0.325 e. The van der Waals surface area contributed by atoms with Crippen LogP contribution in [-0.2, 0) is 14.8 Å². The average molecular weight is 577 g/mol. The maximum absolute atomic E-state index is 13.4. The van der Waals surface area contributed by atoms with E-state index in [0.29, 0.717) is 38.9 Å². The lowest BCUT2D eigenvalue weighted by Gasteiger charge is -2.14. The Morgan fingerprint density at radius 2 is 1.76 bits per heavy atom. The molecule has 0 atom stereocenters. The normalized spacial score (nSPS) is 11.8. The Hall–Kier alpha value is -3.26. The summed E-state index contributed by atoms with van der Waals surface area (Å²) in [5, 5.41) is 3.27. The molecule has 0 radical (unpaired) electrons. The Kier molecular flexibility index (Phi) is 8.51. The van der Waals surface area contributed by atoms with Gasteiger partial charge in [0.05, 0.1) is 27.2 Å². The molecule has 0 fully saturated rings. The fourth-order valence-corrected chi connectivity index (χ4v) is 5.75. The summed E-state index contributed by atoms with van der Waals surface area (Å²) in [5.41, 5.74) is 0.795. The molecule has 1 N–H and O–H groups in total. The number of aromatic nitrogens is 2. The lowest BCUT2D eigenvalue weighted by Crippen LogP contribution is -2.23. The van der Waals surface area contributed by atoms with Gasteiger partial charge >= 0.3 is 0 Å². The molecule has 0 aliphatic rings. The standard InChI is InChI=1S/C25H22F2N4O4S3/c1-30(2)38(34,35)19-7-5-6-16(14-19)28-22(32)15-36-25-29-21-9-4-3-8-20(21)23(33)31(25)17-10-12-18(13-11-17)37-24(26)27/h3-14,24H,15H2,1-2H3,(H,28,32). The van der Waals surface area contributed by atoms with Gasteiger partial charge in [0.25, 0.3) is 11.3 Å². The van der Waals surface area contributed by atoms with E-state index in [1.54, 1.807) is 42.5 Å². The minimum absolute atomic E-state index is 0.0337. The topological polar surface area (TPSA) is 101 Å². The van der Waals surface area contributed by atoms with E-state index in [1.807, 2.05) is 0 Å². The van der Waals surface area contributed by atoms with Crippen molar-refractivity contribution < 1.29 is 22.0 Å². The van der Waals surface area contributed by atoms with E-state index in [4.69, 9.17) is 0 Å². The minimum Gasteiger partial charge on any atom is -0.325 e. The number of halogens is 2. The summed E-state index contributed by atoms with van der Waals surface area (Å²) in [6.07, 6.45) is 0. The second-order valence-electron chi connectivity index (χ2n) is 8.08. The van der Waals surface area contributed by atoms with Gasteiger partial charge in [-0.3, -0.25) is 14.2 Å². The first-order chi connectivity index (χ1) is 18.1. The third kappa shape index (κ3) is 6.23. The average Bonchev–Trinajstić information content (AvgIpc) is 2.88. The number of carbonyl (C=O) groups is 1. The molecule has 1 amide bonds. The molecule has 3 aromatic carbocycles. The maximum atomic E-state index is 13.4. The maximum Gasteiger partial charge on any atom is 0.288 e. The highest BCUT2D eigenvalue weighted by atomic mass is 32.2. The van der Waals surface area contributed by atoms with E-state index in [2.05, 4.69) is 10.3 Å². The number of rotatable bonds is 9. The van der Waals surface area contributed by atoms with Crippen molar-refractivity contribution in [2.75, 3.05) is 25.2 Å². The number of anilines is 1. The van der Waals surface area contributed by atoms with Gasteiger partial charge < -0.3 is 5.32 Å². The Morgan fingerprint density at radius 3 is 2.45 bits per heavy atom. The van der Waals surface area contributed by atoms with Crippen LogP contribution in [-0.4, -0.2) is 53.8 Å². The molecule has 0 unspecified atom stereocenters. The van der Waals surface area contributed by atoms with Crippen LogP contribution in [0.25, 0.3) is 16.6 Å². The van der Waals surface area contributed by atoms with Crippen LogP contribution in [0, 0.1) is 0 Å². The molecule has 0 bridgehead atoms. The molecule has 1 aromatic heterocycles. The third-order valence-corrected chi connectivity index (χ3v) is 8.77. The van der Waals surface area contributed by atoms with Crippen molar-refractivity contribution in [2.45, 2.75) is 20.7 Å². The second-order valence-corrected chi connectivity index (χ2v) is 12.2. The summed E-state index contributed by atoms with van der Waals surface area (Å²) in [6.45, 7) is 0. The molecule has 0 aliphatic carbocycles. The van der Waals surface area contributed by atoms with Crippen LogP contribution >= 0.6 is 23.5 Å². The number of hydrogen-bond donors (Lipinski definition) is 1. The van der Waals surface area contributed by atoms with Gasteiger partial charge in [0, 0.05) is 24.7 Å². The van der Waals surface area contributed by atoms with Crippen LogP contribution in [0.15, 0.2) is 92.5 Å². The van der Waals surface area contributed by atoms with E-state index < -0.39 is 21.7 Å². The molecule has 8 nitrogen and oxygen atoms in total. The number of nitrogens with one attached hydrogen (secondary N) is 1. The van der Waals surface area contributed by atoms with Gasteiger partial charge in [-0.15, -0.1) is 0 Å². The van der Waals surface area contributed by atoms with Gasteiger partial charge in [-0.1, -0.05) is 41.7 Å². The van der Waals surface area contributed by atoms with E-state index in [-0.39, 0.29) is 21.4 Å². The molecule has 0 saturated heterocycles. The van der Waals surface area contributed by atoms with Gasteiger partial charge in [0.2, 0.25) is 15.9 Å². The number of benzene rings is 3. The van der Waals surface area contributed by atoms with Gasteiger partial charge in [0.1, 0.15) is 0 Å². The molecule has 0 aliphatic heterocycles. The zero-order valence-corrected chi connectivity index (χ0v) is 22.6. The predicted molar refractivity (Wildman–Crippen MR) is 146 cm³/mol. The zero-order valence-electron chi connectivity index (χ0n) is 20.2. The number of alkyl halides is 2. The highest BCUT2D eigenvalue weighted by molar-refractivity contribution is 8.00. The van der Waals surface area contributed by atoms with Crippen molar-refractivity contribution >= 4 is 56.0 Å². The van der Waals surface area contributed by atoms with Crippen molar-refractivity contribution in [2.24, 2.45) is 0 Å². The molecule has 13 heteroatoms. The number of carbonyl (C=O) groups excluding carboxylic acids is 1. The van der Waals surface area contributed by atoms with Crippen molar-refractivity contribution in [1.29, 1.82) is 0 Å². The predicted octanol–water partition coefficient (Wildman–Crippen LogP) is 4.68. The Bertz CT molecular complexity index is 1640.